The first kappa shape index (κ1) is 13.9. The SMILES string of the molecule is CNC1CCN(S(=O)(=O)c2cc(C#N)ccn2)CC1. The summed E-state index contributed by atoms with van der Waals surface area (Å²) in [5.41, 5.74) is 0.304. The highest BCUT2D eigenvalue weighted by atomic mass is 32.2. The molecule has 0 aromatic carbocycles. The van der Waals surface area contributed by atoms with Crippen LogP contribution in [0.4, 0.5) is 0 Å². The maximum Gasteiger partial charge on any atom is 0.260 e. The number of sulfonamides is 1. The zero-order valence-electron chi connectivity index (χ0n) is 10.7. The third-order valence-electron chi connectivity index (χ3n) is 3.33. The Labute approximate surface area is 113 Å². The van der Waals surface area contributed by atoms with Gasteiger partial charge in [-0.05, 0) is 32.0 Å². The molecule has 1 N–H and O–H groups in total. The van der Waals surface area contributed by atoms with Gasteiger partial charge in [-0.2, -0.15) is 9.57 Å². The highest BCUT2D eigenvalue weighted by Crippen LogP contribution is 2.19. The Morgan fingerprint density at radius 3 is 2.74 bits per heavy atom. The van der Waals surface area contributed by atoms with Gasteiger partial charge in [0.05, 0.1) is 11.6 Å². The first-order chi connectivity index (χ1) is 9.07. The van der Waals surface area contributed by atoms with Crippen LogP contribution in [0, 0.1) is 11.3 Å². The standard InChI is InChI=1S/C12H16N4O2S/c1-14-11-3-6-16(7-4-11)19(17,18)12-8-10(9-13)2-5-15-12/h2,5,8,11,14H,3-4,6-7H2,1H3. The molecular formula is C12H16N4O2S. The topological polar surface area (TPSA) is 86.1 Å². The molecule has 0 amide bonds. The Hall–Kier alpha value is -1.49. The van der Waals surface area contributed by atoms with Crippen molar-refractivity contribution in [2.75, 3.05) is 20.1 Å². The number of pyridine rings is 1. The van der Waals surface area contributed by atoms with Gasteiger partial charge in [0.15, 0.2) is 5.03 Å². The van der Waals surface area contributed by atoms with E-state index in [1.807, 2.05) is 13.1 Å². The fourth-order valence-electron chi connectivity index (χ4n) is 2.14. The zero-order chi connectivity index (χ0) is 13.9. The van der Waals surface area contributed by atoms with Crippen LogP contribution in [0.25, 0.3) is 0 Å². The quantitative estimate of drug-likeness (QED) is 0.862. The largest absolute Gasteiger partial charge is 0.317 e. The summed E-state index contributed by atoms with van der Waals surface area (Å²) >= 11 is 0. The van der Waals surface area contributed by atoms with Crippen molar-refractivity contribution in [2.45, 2.75) is 23.9 Å². The van der Waals surface area contributed by atoms with Crippen molar-refractivity contribution in [3.05, 3.63) is 23.9 Å². The van der Waals surface area contributed by atoms with E-state index in [0.717, 1.165) is 12.8 Å². The molecule has 0 aliphatic carbocycles. The molecule has 0 bridgehead atoms. The lowest BCUT2D eigenvalue weighted by atomic mass is 10.1. The third-order valence-corrected chi connectivity index (χ3v) is 5.13. The molecule has 0 radical (unpaired) electrons. The lowest BCUT2D eigenvalue weighted by Gasteiger charge is -2.30. The normalized spacial score (nSPS) is 18.1. The van der Waals surface area contributed by atoms with Crippen LogP contribution in [0.2, 0.25) is 0 Å². The van der Waals surface area contributed by atoms with Crippen LogP contribution in [-0.4, -0.2) is 43.9 Å². The number of aromatic nitrogens is 1. The Morgan fingerprint density at radius 2 is 2.16 bits per heavy atom. The van der Waals surface area contributed by atoms with Gasteiger partial charge in [-0.15, -0.1) is 0 Å². The maximum atomic E-state index is 12.4. The van der Waals surface area contributed by atoms with Gasteiger partial charge in [-0.1, -0.05) is 0 Å². The molecule has 1 aromatic rings. The highest BCUT2D eigenvalue weighted by Gasteiger charge is 2.29. The monoisotopic (exact) mass is 280 g/mol. The van der Waals surface area contributed by atoms with Crippen LogP contribution in [0.5, 0.6) is 0 Å². The molecule has 0 unspecified atom stereocenters. The molecular weight excluding hydrogens is 264 g/mol. The molecule has 1 aliphatic rings. The summed E-state index contributed by atoms with van der Waals surface area (Å²) in [4.78, 5) is 3.88. The average molecular weight is 280 g/mol. The maximum absolute atomic E-state index is 12.4. The minimum absolute atomic E-state index is 0.0468. The molecule has 0 atom stereocenters. The van der Waals surface area contributed by atoms with Crippen molar-refractivity contribution < 1.29 is 8.42 Å². The second-order valence-electron chi connectivity index (χ2n) is 4.46. The zero-order valence-corrected chi connectivity index (χ0v) is 11.5. The van der Waals surface area contributed by atoms with E-state index in [9.17, 15) is 8.42 Å². The van der Waals surface area contributed by atoms with Crippen molar-refractivity contribution >= 4 is 10.0 Å². The van der Waals surface area contributed by atoms with Crippen LogP contribution in [0.1, 0.15) is 18.4 Å². The Kier molecular flexibility index (Phi) is 4.14. The Balaban J connectivity index is 2.21. The Morgan fingerprint density at radius 1 is 1.47 bits per heavy atom. The summed E-state index contributed by atoms with van der Waals surface area (Å²) in [5, 5.41) is 11.9. The highest BCUT2D eigenvalue weighted by molar-refractivity contribution is 7.89. The summed E-state index contributed by atoms with van der Waals surface area (Å²) in [5.74, 6) is 0. The predicted molar refractivity (Wildman–Crippen MR) is 69.8 cm³/mol. The van der Waals surface area contributed by atoms with E-state index in [0.29, 0.717) is 24.7 Å². The molecule has 6 nitrogen and oxygen atoms in total. The molecule has 102 valence electrons. The van der Waals surface area contributed by atoms with Gasteiger partial charge >= 0.3 is 0 Å². The fourth-order valence-corrected chi connectivity index (χ4v) is 3.56. The number of piperidine rings is 1. The molecule has 1 aromatic heterocycles. The average Bonchev–Trinajstić information content (AvgIpc) is 2.47. The molecule has 1 aliphatic heterocycles. The van der Waals surface area contributed by atoms with E-state index in [1.54, 1.807) is 0 Å². The van der Waals surface area contributed by atoms with Crippen LogP contribution in [0.15, 0.2) is 23.4 Å². The van der Waals surface area contributed by atoms with Gasteiger partial charge in [-0.3, -0.25) is 0 Å². The minimum atomic E-state index is -3.58. The van der Waals surface area contributed by atoms with E-state index in [-0.39, 0.29) is 5.03 Å². The van der Waals surface area contributed by atoms with Crippen molar-refractivity contribution in [1.82, 2.24) is 14.6 Å². The molecule has 2 rings (SSSR count). The van der Waals surface area contributed by atoms with Crippen molar-refractivity contribution in [1.29, 1.82) is 5.26 Å². The van der Waals surface area contributed by atoms with Gasteiger partial charge in [0.2, 0.25) is 0 Å². The molecule has 19 heavy (non-hydrogen) atoms. The van der Waals surface area contributed by atoms with E-state index < -0.39 is 10.0 Å². The third kappa shape index (κ3) is 2.92. The fraction of sp³-hybridized carbons (Fsp3) is 0.500. The van der Waals surface area contributed by atoms with Gasteiger partial charge in [0, 0.05) is 25.3 Å². The number of hydrogen-bond donors (Lipinski definition) is 1. The van der Waals surface area contributed by atoms with Crippen LogP contribution >= 0.6 is 0 Å². The molecule has 1 saturated heterocycles. The van der Waals surface area contributed by atoms with Gasteiger partial charge in [0.25, 0.3) is 10.0 Å². The van der Waals surface area contributed by atoms with Crippen molar-refractivity contribution in [3.8, 4) is 6.07 Å². The number of rotatable bonds is 3. The van der Waals surface area contributed by atoms with E-state index in [2.05, 4.69) is 10.3 Å². The summed E-state index contributed by atoms with van der Waals surface area (Å²) < 4.78 is 26.2. The lowest BCUT2D eigenvalue weighted by Crippen LogP contribution is -2.44. The van der Waals surface area contributed by atoms with Gasteiger partial charge in [0.1, 0.15) is 0 Å². The molecule has 7 heteroatoms. The van der Waals surface area contributed by atoms with Crippen LogP contribution < -0.4 is 5.32 Å². The predicted octanol–water partition coefficient (Wildman–Crippen LogP) is 0.326. The number of hydrogen-bond acceptors (Lipinski definition) is 5. The van der Waals surface area contributed by atoms with Crippen LogP contribution in [-0.2, 0) is 10.0 Å². The number of nitrogens with zero attached hydrogens (tertiary/aromatic N) is 3. The van der Waals surface area contributed by atoms with E-state index in [1.165, 1.54) is 22.6 Å². The molecule has 1 fully saturated rings. The molecule has 2 heterocycles. The van der Waals surface area contributed by atoms with Crippen LogP contribution in [0.3, 0.4) is 0 Å². The number of nitrogens with one attached hydrogen (secondary N) is 1. The smallest absolute Gasteiger partial charge is 0.260 e. The summed E-state index contributed by atoms with van der Waals surface area (Å²) in [6.07, 6.45) is 2.92. The summed E-state index contributed by atoms with van der Waals surface area (Å²) in [7, 11) is -1.70. The first-order valence-corrected chi connectivity index (χ1v) is 7.55. The second-order valence-corrected chi connectivity index (χ2v) is 6.35. The first-order valence-electron chi connectivity index (χ1n) is 6.11. The van der Waals surface area contributed by atoms with Gasteiger partial charge in [-0.25, -0.2) is 13.4 Å². The van der Waals surface area contributed by atoms with Crippen molar-refractivity contribution in [3.63, 3.8) is 0 Å². The second kappa shape index (κ2) is 5.65. The lowest BCUT2D eigenvalue weighted by molar-refractivity contribution is 0.298. The Bertz CT molecular complexity index is 586. The van der Waals surface area contributed by atoms with Crippen molar-refractivity contribution in [2.24, 2.45) is 0 Å². The molecule has 0 saturated carbocycles. The summed E-state index contributed by atoms with van der Waals surface area (Å²) in [6, 6.07) is 5.10. The summed E-state index contributed by atoms with van der Waals surface area (Å²) in [6.45, 7) is 0.957. The minimum Gasteiger partial charge on any atom is -0.317 e. The number of nitriles is 1. The van der Waals surface area contributed by atoms with E-state index >= 15 is 0 Å². The van der Waals surface area contributed by atoms with E-state index in [4.69, 9.17) is 5.26 Å². The molecule has 0 spiro atoms. The van der Waals surface area contributed by atoms with Gasteiger partial charge < -0.3 is 5.32 Å².